The van der Waals surface area contributed by atoms with Crippen LogP contribution in [-0.2, 0) is 6.42 Å². The largest absolute Gasteiger partial charge is 0.493 e. The van der Waals surface area contributed by atoms with Crippen molar-refractivity contribution in [1.29, 1.82) is 0 Å². The molecule has 0 saturated heterocycles. The number of hydrogen-bond donors (Lipinski definition) is 1. The van der Waals surface area contributed by atoms with Crippen molar-refractivity contribution in [2.24, 2.45) is 0 Å². The molecule has 0 spiro atoms. The van der Waals surface area contributed by atoms with Gasteiger partial charge in [0.25, 0.3) is 0 Å². The fourth-order valence-electron chi connectivity index (χ4n) is 3.07. The molecule has 4 nitrogen and oxygen atoms in total. The third kappa shape index (κ3) is 2.56. The van der Waals surface area contributed by atoms with Crippen LogP contribution in [0.2, 0.25) is 0 Å². The van der Waals surface area contributed by atoms with Gasteiger partial charge < -0.3 is 19.5 Å². The fraction of sp³-hybridized carbons (Fsp3) is 0.333. The molecule has 0 heterocycles. The van der Waals surface area contributed by atoms with E-state index in [1.54, 1.807) is 21.3 Å². The lowest BCUT2D eigenvalue weighted by molar-refractivity contribution is 0.324. The molecular weight excluding hydrogens is 278 g/mol. The highest BCUT2D eigenvalue weighted by atomic mass is 16.5. The first-order chi connectivity index (χ1) is 10.8. The zero-order valence-electron chi connectivity index (χ0n) is 13.2. The molecule has 22 heavy (non-hydrogen) atoms. The van der Waals surface area contributed by atoms with Gasteiger partial charge >= 0.3 is 0 Å². The van der Waals surface area contributed by atoms with Crippen molar-refractivity contribution in [3.8, 4) is 17.2 Å². The van der Waals surface area contributed by atoms with Gasteiger partial charge in [-0.05, 0) is 24.0 Å². The second-order valence-corrected chi connectivity index (χ2v) is 5.35. The Hall–Kier alpha value is -2.36. The summed E-state index contributed by atoms with van der Waals surface area (Å²) >= 11 is 0. The summed E-state index contributed by atoms with van der Waals surface area (Å²) in [6.45, 7) is 0. The van der Waals surface area contributed by atoms with E-state index < -0.39 is 0 Å². The first kappa shape index (κ1) is 14.6. The molecule has 0 fully saturated rings. The first-order valence-corrected chi connectivity index (χ1v) is 7.41. The number of anilines is 1. The average molecular weight is 299 g/mol. The van der Waals surface area contributed by atoms with Crippen LogP contribution in [0.5, 0.6) is 17.2 Å². The Bertz CT molecular complexity index is 644. The molecule has 0 bridgehead atoms. The van der Waals surface area contributed by atoms with Gasteiger partial charge in [0.05, 0.1) is 27.4 Å². The highest BCUT2D eigenvalue weighted by Gasteiger charge is 2.22. The number of methoxy groups -OCH3 is 3. The van der Waals surface area contributed by atoms with Crippen LogP contribution in [0.4, 0.5) is 5.69 Å². The maximum absolute atomic E-state index is 5.41. The molecule has 0 radical (unpaired) electrons. The van der Waals surface area contributed by atoms with Gasteiger partial charge in [-0.2, -0.15) is 0 Å². The van der Waals surface area contributed by atoms with Crippen molar-refractivity contribution in [2.75, 3.05) is 26.6 Å². The first-order valence-electron chi connectivity index (χ1n) is 7.41. The molecule has 0 aliphatic heterocycles. The highest BCUT2D eigenvalue weighted by molar-refractivity contribution is 5.63. The van der Waals surface area contributed by atoms with Crippen molar-refractivity contribution < 1.29 is 14.2 Å². The quantitative estimate of drug-likeness (QED) is 0.911. The third-order valence-electron chi connectivity index (χ3n) is 4.14. The second kappa shape index (κ2) is 6.18. The van der Waals surface area contributed by atoms with Gasteiger partial charge in [-0.25, -0.2) is 0 Å². The van der Waals surface area contributed by atoms with E-state index in [9.17, 15) is 0 Å². The standard InChI is InChI=1S/C18H21NO3/c1-20-16-10-13(11-17(21-2)18(16)22-3)19-15-9-8-12-6-4-5-7-14(12)15/h4-7,10-11,15,19H,8-9H2,1-3H3. The van der Waals surface area contributed by atoms with Crippen molar-refractivity contribution in [2.45, 2.75) is 18.9 Å². The van der Waals surface area contributed by atoms with Crippen LogP contribution in [0.25, 0.3) is 0 Å². The summed E-state index contributed by atoms with van der Waals surface area (Å²) in [5.41, 5.74) is 3.76. The smallest absolute Gasteiger partial charge is 0.203 e. The van der Waals surface area contributed by atoms with Crippen LogP contribution in [0, 0.1) is 0 Å². The van der Waals surface area contributed by atoms with Crippen molar-refractivity contribution in [3.05, 3.63) is 47.5 Å². The molecule has 1 atom stereocenters. The fourth-order valence-corrected chi connectivity index (χ4v) is 3.07. The Morgan fingerprint density at radius 2 is 1.64 bits per heavy atom. The Morgan fingerprint density at radius 3 is 2.27 bits per heavy atom. The highest BCUT2D eigenvalue weighted by Crippen LogP contribution is 2.42. The van der Waals surface area contributed by atoms with Crippen molar-refractivity contribution in [3.63, 3.8) is 0 Å². The summed E-state index contributed by atoms with van der Waals surface area (Å²) in [5, 5.41) is 3.58. The van der Waals surface area contributed by atoms with Gasteiger partial charge in [0.1, 0.15) is 0 Å². The van der Waals surface area contributed by atoms with Gasteiger partial charge in [0.2, 0.25) is 5.75 Å². The molecule has 1 N–H and O–H groups in total. The van der Waals surface area contributed by atoms with Crippen LogP contribution < -0.4 is 19.5 Å². The molecule has 1 aliphatic carbocycles. The van der Waals surface area contributed by atoms with E-state index in [-0.39, 0.29) is 0 Å². The maximum Gasteiger partial charge on any atom is 0.203 e. The maximum atomic E-state index is 5.41. The van der Waals surface area contributed by atoms with E-state index in [0.29, 0.717) is 23.3 Å². The van der Waals surface area contributed by atoms with E-state index in [0.717, 1.165) is 18.5 Å². The summed E-state index contributed by atoms with van der Waals surface area (Å²) in [4.78, 5) is 0. The van der Waals surface area contributed by atoms with Gasteiger partial charge in [0.15, 0.2) is 11.5 Å². The predicted octanol–water partition coefficient (Wildman–Crippen LogP) is 3.81. The monoisotopic (exact) mass is 299 g/mol. The summed E-state index contributed by atoms with van der Waals surface area (Å²) in [5.74, 6) is 1.94. The van der Waals surface area contributed by atoms with E-state index >= 15 is 0 Å². The van der Waals surface area contributed by atoms with Gasteiger partial charge in [-0.3, -0.25) is 0 Å². The van der Waals surface area contributed by atoms with E-state index in [1.807, 2.05) is 12.1 Å². The number of benzene rings is 2. The Labute approximate surface area is 131 Å². The average Bonchev–Trinajstić information content (AvgIpc) is 2.97. The Morgan fingerprint density at radius 1 is 0.955 bits per heavy atom. The summed E-state index contributed by atoms with van der Waals surface area (Å²) in [6, 6.07) is 12.8. The minimum atomic E-state index is 0.319. The molecule has 2 aromatic carbocycles. The number of nitrogens with one attached hydrogen (secondary N) is 1. The minimum Gasteiger partial charge on any atom is -0.493 e. The number of hydrogen-bond acceptors (Lipinski definition) is 4. The van der Waals surface area contributed by atoms with E-state index in [2.05, 4.69) is 29.6 Å². The molecule has 0 amide bonds. The SMILES string of the molecule is COc1cc(NC2CCc3ccccc32)cc(OC)c1OC. The van der Waals surface area contributed by atoms with E-state index in [1.165, 1.54) is 11.1 Å². The van der Waals surface area contributed by atoms with Crippen molar-refractivity contribution in [1.82, 2.24) is 0 Å². The van der Waals surface area contributed by atoms with Crippen molar-refractivity contribution >= 4 is 5.69 Å². The van der Waals surface area contributed by atoms with Crippen LogP contribution in [0.1, 0.15) is 23.6 Å². The van der Waals surface area contributed by atoms with Crippen LogP contribution in [0.3, 0.4) is 0 Å². The van der Waals surface area contributed by atoms with Crippen LogP contribution in [0.15, 0.2) is 36.4 Å². The normalized spacial score (nSPS) is 16.0. The molecule has 1 unspecified atom stereocenters. The summed E-state index contributed by atoms with van der Waals surface area (Å²) < 4.78 is 16.2. The van der Waals surface area contributed by atoms with Gasteiger partial charge in [-0.1, -0.05) is 24.3 Å². The topological polar surface area (TPSA) is 39.7 Å². The molecule has 4 heteroatoms. The molecule has 2 aromatic rings. The van der Waals surface area contributed by atoms with Crippen LogP contribution >= 0.6 is 0 Å². The lowest BCUT2D eigenvalue weighted by atomic mass is 10.1. The second-order valence-electron chi connectivity index (χ2n) is 5.35. The molecule has 0 aromatic heterocycles. The minimum absolute atomic E-state index is 0.319. The van der Waals surface area contributed by atoms with Gasteiger partial charge in [-0.15, -0.1) is 0 Å². The molecule has 116 valence electrons. The zero-order chi connectivity index (χ0) is 15.5. The number of rotatable bonds is 5. The summed E-state index contributed by atoms with van der Waals surface area (Å²) in [7, 11) is 4.87. The molecular formula is C18H21NO3. The molecule has 3 rings (SSSR count). The summed E-state index contributed by atoms with van der Waals surface area (Å²) in [6.07, 6.45) is 2.20. The lowest BCUT2D eigenvalue weighted by Crippen LogP contribution is -2.07. The van der Waals surface area contributed by atoms with Gasteiger partial charge in [0, 0.05) is 17.8 Å². The van der Waals surface area contributed by atoms with Crippen LogP contribution in [-0.4, -0.2) is 21.3 Å². The van der Waals surface area contributed by atoms with E-state index in [4.69, 9.17) is 14.2 Å². The Balaban J connectivity index is 1.90. The number of fused-ring (bicyclic) bond motifs is 1. The Kier molecular flexibility index (Phi) is 4.09. The molecule has 0 saturated carbocycles. The third-order valence-corrected chi connectivity index (χ3v) is 4.14. The number of ether oxygens (including phenoxy) is 3. The molecule has 1 aliphatic rings. The lowest BCUT2D eigenvalue weighted by Gasteiger charge is -2.19. The zero-order valence-corrected chi connectivity index (χ0v) is 13.2. The number of aryl methyl sites for hydroxylation is 1. The predicted molar refractivity (Wildman–Crippen MR) is 87.2 cm³/mol.